The lowest BCUT2D eigenvalue weighted by Gasteiger charge is -2.32. The molecule has 3 aromatic rings. The summed E-state index contributed by atoms with van der Waals surface area (Å²) >= 11 is 0. The highest BCUT2D eigenvalue weighted by atomic mass is 16.4. The second-order valence-corrected chi connectivity index (χ2v) is 6.90. The number of hydrogen-bond acceptors (Lipinski definition) is 3. The van der Waals surface area contributed by atoms with E-state index in [0.29, 0.717) is 0 Å². The Morgan fingerprint density at radius 3 is 2.68 bits per heavy atom. The molecule has 1 aromatic heterocycles. The summed E-state index contributed by atoms with van der Waals surface area (Å²) in [6.45, 7) is 4.43. The van der Waals surface area contributed by atoms with Crippen molar-refractivity contribution in [1.29, 1.82) is 0 Å². The van der Waals surface area contributed by atoms with Gasteiger partial charge in [0.05, 0.1) is 11.2 Å². The van der Waals surface area contributed by atoms with Crippen LogP contribution in [0.5, 0.6) is 0 Å². The number of benzene rings is 2. The number of oxime groups is 1. The van der Waals surface area contributed by atoms with Gasteiger partial charge < -0.3 is 5.21 Å². The lowest BCUT2D eigenvalue weighted by atomic mass is 9.73. The van der Waals surface area contributed by atoms with Crippen molar-refractivity contribution in [2.45, 2.75) is 26.7 Å². The molecule has 3 heteroatoms. The summed E-state index contributed by atoms with van der Waals surface area (Å²) in [6, 6.07) is 12.6. The van der Waals surface area contributed by atoms with Crippen molar-refractivity contribution in [1.82, 2.24) is 4.98 Å². The third kappa shape index (κ3) is 1.89. The molecular formula is C19H18N2O. The second kappa shape index (κ2) is 4.54. The van der Waals surface area contributed by atoms with E-state index in [1.807, 2.05) is 18.3 Å². The average Bonchev–Trinajstić information content (AvgIpc) is 2.52. The van der Waals surface area contributed by atoms with Gasteiger partial charge in [-0.05, 0) is 29.2 Å². The summed E-state index contributed by atoms with van der Waals surface area (Å²) in [5, 5.41) is 16.5. The molecule has 0 bridgehead atoms. The van der Waals surface area contributed by atoms with Gasteiger partial charge in [0.1, 0.15) is 0 Å². The first kappa shape index (κ1) is 13.3. The van der Waals surface area contributed by atoms with Gasteiger partial charge in [-0.25, -0.2) is 0 Å². The fourth-order valence-corrected chi connectivity index (χ4v) is 3.61. The van der Waals surface area contributed by atoms with Gasteiger partial charge in [0.2, 0.25) is 0 Å². The highest BCUT2D eigenvalue weighted by Crippen LogP contribution is 2.39. The monoisotopic (exact) mass is 290 g/mol. The van der Waals surface area contributed by atoms with Crippen LogP contribution >= 0.6 is 0 Å². The minimum Gasteiger partial charge on any atom is -0.411 e. The number of rotatable bonds is 0. The lowest BCUT2D eigenvalue weighted by Crippen LogP contribution is -2.28. The standard InChI is InChI=1S/C19H18N2O/c1-19(2)9-15-14-8-7-12-5-3-4-6-13(12)18(14)20-11-16(15)17(10-19)21-22/h3-8,11,22H,9-10H2,1-2H3. The third-order valence-electron chi connectivity index (χ3n) is 4.61. The van der Waals surface area contributed by atoms with Gasteiger partial charge in [0, 0.05) is 22.5 Å². The maximum atomic E-state index is 9.37. The number of nitrogens with zero attached hydrogens (tertiary/aromatic N) is 2. The van der Waals surface area contributed by atoms with Crippen LogP contribution in [0.3, 0.4) is 0 Å². The van der Waals surface area contributed by atoms with Crippen molar-refractivity contribution in [3.05, 3.63) is 53.7 Å². The molecule has 22 heavy (non-hydrogen) atoms. The fourth-order valence-electron chi connectivity index (χ4n) is 3.61. The molecule has 0 aliphatic heterocycles. The largest absolute Gasteiger partial charge is 0.411 e. The highest BCUT2D eigenvalue weighted by Gasteiger charge is 2.31. The van der Waals surface area contributed by atoms with Crippen molar-refractivity contribution in [2.75, 3.05) is 0 Å². The molecule has 0 radical (unpaired) electrons. The Balaban J connectivity index is 2.10. The van der Waals surface area contributed by atoms with E-state index in [0.717, 1.165) is 29.6 Å². The molecule has 1 aliphatic carbocycles. The van der Waals surface area contributed by atoms with E-state index in [1.54, 1.807) is 0 Å². The van der Waals surface area contributed by atoms with Gasteiger partial charge in [0.15, 0.2) is 0 Å². The highest BCUT2D eigenvalue weighted by molar-refractivity contribution is 6.11. The van der Waals surface area contributed by atoms with E-state index in [9.17, 15) is 5.21 Å². The fraction of sp³-hybridized carbons (Fsp3) is 0.263. The van der Waals surface area contributed by atoms with Crippen LogP contribution in [0.15, 0.2) is 47.8 Å². The van der Waals surface area contributed by atoms with Crippen LogP contribution in [0.4, 0.5) is 0 Å². The van der Waals surface area contributed by atoms with Crippen molar-refractivity contribution in [3.8, 4) is 0 Å². The lowest BCUT2D eigenvalue weighted by molar-refractivity contribution is 0.307. The first-order valence-corrected chi connectivity index (χ1v) is 7.60. The van der Waals surface area contributed by atoms with E-state index in [-0.39, 0.29) is 5.41 Å². The maximum absolute atomic E-state index is 9.37. The summed E-state index contributed by atoms with van der Waals surface area (Å²) in [5.41, 5.74) is 4.11. The van der Waals surface area contributed by atoms with Crippen LogP contribution in [-0.4, -0.2) is 15.9 Å². The molecule has 0 saturated carbocycles. The Morgan fingerprint density at radius 1 is 1.05 bits per heavy atom. The molecule has 0 spiro atoms. The molecule has 4 rings (SSSR count). The van der Waals surface area contributed by atoms with Crippen molar-refractivity contribution >= 4 is 27.4 Å². The van der Waals surface area contributed by atoms with Crippen molar-refractivity contribution in [2.24, 2.45) is 10.6 Å². The number of fused-ring (bicyclic) bond motifs is 5. The molecular weight excluding hydrogens is 272 g/mol. The predicted octanol–water partition coefficient (Wildman–Crippen LogP) is 4.54. The number of aromatic nitrogens is 1. The molecule has 3 nitrogen and oxygen atoms in total. The molecule has 0 amide bonds. The quantitative estimate of drug-likeness (QED) is 0.375. The minimum absolute atomic E-state index is 0.0918. The number of hydrogen-bond donors (Lipinski definition) is 1. The zero-order chi connectivity index (χ0) is 15.3. The Hall–Kier alpha value is -2.42. The molecule has 2 aromatic carbocycles. The molecule has 0 saturated heterocycles. The van der Waals surface area contributed by atoms with E-state index in [4.69, 9.17) is 0 Å². The SMILES string of the molecule is CC1(C)CC(=NO)c2cnc3c(ccc4ccccc43)c2C1. The Kier molecular flexibility index (Phi) is 2.73. The van der Waals surface area contributed by atoms with Crippen LogP contribution < -0.4 is 0 Å². The molecule has 110 valence electrons. The molecule has 0 unspecified atom stereocenters. The van der Waals surface area contributed by atoms with Gasteiger partial charge in [0.25, 0.3) is 0 Å². The second-order valence-electron chi connectivity index (χ2n) is 6.90. The summed E-state index contributed by atoms with van der Waals surface area (Å²) < 4.78 is 0. The smallest absolute Gasteiger partial charge is 0.0891 e. The maximum Gasteiger partial charge on any atom is 0.0891 e. The van der Waals surface area contributed by atoms with Crippen molar-refractivity contribution in [3.63, 3.8) is 0 Å². The van der Waals surface area contributed by atoms with Crippen LogP contribution in [-0.2, 0) is 6.42 Å². The van der Waals surface area contributed by atoms with Gasteiger partial charge in [-0.15, -0.1) is 0 Å². The average molecular weight is 290 g/mol. The van der Waals surface area contributed by atoms with Crippen LogP contribution in [0.25, 0.3) is 21.7 Å². The normalized spacial score (nSPS) is 18.7. The molecule has 1 heterocycles. The summed E-state index contributed by atoms with van der Waals surface area (Å²) in [7, 11) is 0. The van der Waals surface area contributed by atoms with Gasteiger partial charge >= 0.3 is 0 Å². The Morgan fingerprint density at radius 2 is 1.86 bits per heavy atom. The van der Waals surface area contributed by atoms with Crippen LogP contribution in [0.2, 0.25) is 0 Å². The summed E-state index contributed by atoms with van der Waals surface area (Å²) in [4.78, 5) is 4.68. The molecule has 1 N–H and O–H groups in total. The van der Waals surface area contributed by atoms with E-state index in [1.165, 1.54) is 21.7 Å². The third-order valence-corrected chi connectivity index (χ3v) is 4.61. The van der Waals surface area contributed by atoms with Crippen LogP contribution in [0, 0.1) is 5.41 Å². The molecule has 1 aliphatic rings. The predicted molar refractivity (Wildman–Crippen MR) is 89.7 cm³/mol. The van der Waals surface area contributed by atoms with E-state index in [2.05, 4.69) is 48.3 Å². The molecule has 0 atom stereocenters. The summed E-state index contributed by atoms with van der Waals surface area (Å²) in [6.07, 6.45) is 3.62. The van der Waals surface area contributed by atoms with Gasteiger partial charge in [-0.3, -0.25) is 4.98 Å². The minimum atomic E-state index is 0.0918. The first-order chi connectivity index (χ1) is 10.6. The van der Waals surface area contributed by atoms with Crippen molar-refractivity contribution < 1.29 is 5.21 Å². The van der Waals surface area contributed by atoms with E-state index >= 15 is 0 Å². The zero-order valence-electron chi connectivity index (χ0n) is 12.8. The van der Waals surface area contributed by atoms with Crippen LogP contribution in [0.1, 0.15) is 31.4 Å². The number of pyridine rings is 1. The Bertz CT molecular complexity index is 925. The topological polar surface area (TPSA) is 45.5 Å². The van der Waals surface area contributed by atoms with Gasteiger partial charge in [-0.1, -0.05) is 55.4 Å². The Labute approximate surface area is 129 Å². The molecule has 0 fully saturated rings. The van der Waals surface area contributed by atoms with Gasteiger partial charge in [-0.2, -0.15) is 0 Å². The first-order valence-electron chi connectivity index (χ1n) is 7.60. The summed E-state index contributed by atoms with van der Waals surface area (Å²) in [5.74, 6) is 0. The van der Waals surface area contributed by atoms with E-state index < -0.39 is 0 Å². The zero-order valence-corrected chi connectivity index (χ0v) is 12.8.